The molecule has 4 heteroatoms. The summed E-state index contributed by atoms with van der Waals surface area (Å²) in [5, 5.41) is 9.95. The SMILES string of the molecule is COc1ccc(CCO[Si](C)(C)C(C)(C)C)cc1O. The smallest absolute Gasteiger partial charge is 0.191 e. The van der Waals surface area contributed by atoms with Gasteiger partial charge in [-0.1, -0.05) is 26.8 Å². The molecule has 3 nitrogen and oxygen atoms in total. The molecular weight excluding hydrogens is 256 g/mol. The average molecular weight is 282 g/mol. The molecule has 0 saturated heterocycles. The minimum Gasteiger partial charge on any atom is -0.504 e. The second kappa shape index (κ2) is 5.97. The lowest BCUT2D eigenvalue weighted by atomic mass is 10.1. The average Bonchev–Trinajstić information content (AvgIpc) is 2.27. The number of rotatable bonds is 5. The van der Waals surface area contributed by atoms with Crippen molar-refractivity contribution in [3.8, 4) is 11.5 Å². The third kappa shape index (κ3) is 4.25. The largest absolute Gasteiger partial charge is 0.504 e. The third-order valence-electron chi connectivity index (χ3n) is 3.90. The van der Waals surface area contributed by atoms with Gasteiger partial charge in [-0.05, 0) is 42.2 Å². The summed E-state index contributed by atoms with van der Waals surface area (Å²) in [6, 6.07) is 5.50. The number of methoxy groups -OCH3 is 1. The molecule has 0 aliphatic heterocycles. The van der Waals surface area contributed by atoms with E-state index in [1.807, 2.05) is 6.07 Å². The second-order valence-corrected chi connectivity index (χ2v) is 11.2. The van der Waals surface area contributed by atoms with Crippen LogP contribution in [0.5, 0.6) is 11.5 Å². The molecule has 0 bridgehead atoms. The zero-order valence-corrected chi connectivity index (χ0v) is 13.9. The van der Waals surface area contributed by atoms with Crippen LogP contribution >= 0.6 is 0 Å². The fourth-order valence-corrected chi connectivity index (χ4v) is 2.58. The molecule has 1 rings (SSSR count). The van der Waals surface area contributed by atoms with E-state index in [0.717, 1.165) is 12.0 Å². The molecule has 0 aromatic heterocycles. The van der Waals surface area contributed by atoms with Crippen molar-refractivity contribution in [1.82, 2.24) is 0 Å². The normalized spacial score (nSPS) is 12.5. The minimum absolute atomic E-state index is 0.187. The predicted octanol–water partition coefficient (Wildman–Crippen LogP) is 3.97. The highest BCUT2D eigenvalue weighted by molar-refractivity contribution is 6.74. The molecular formula is C15H26O3Si. The summed E-state index contributed by atoms with van der Waals surface area (Å²) in [5.41, 5.74) is 1.07. The number of benzene rings is 1. The van der Waals surface area contributed by atoms with Crippen LogP contribution in [0.1, 0.15) is 26.3 Å². The predicted molar refractivity (Wildman–Crippen MR) is 81.5 cm³/mol. The maximum Gasteiger partial charge on any atom is 0.191 e. The first kappa shape index (κ1) is 16.1. The first-order chi connectivity index (χ1) is 8.67. The maximum absolute atomic E-state index is 9.72. The van der Waals surface area contributed by atoms with Gasteiger partial charge in [0.1, 0.15) is 0 Å². The van der Waals surface area contributed by atoms with Crippen molar-refractivity contribution in [2.24, 2.45) is 0 Å². The number of hydrogen-bond acceptors (Lipinski definition) is 3. The van der Waals surface area contributed by atoms with Gasteiger partial charge in [-0.2, -0.15) is 0 Å². The monoisotopic (exact) mass is 282 g/mol. The molecule has 108 valence electrons. The molecule has 0 aliphatic rings. The topological polar surface area (TPSA) is 38.7 Å². The van der Waals surface area contributed by atoms with E-state index in [1.165, 1.54) is 0 Å². The van der Waals surface area contributed by atoms with Crippen LogP contribution in [0, 0.1) is 0 Å². The molecule has 0 atom stereocenters. The summed E-state index contributed by atoms with van der Waals surface area (Å²) in [4.78, 5) is 0. The Balaban J connectivity index is 2.57. The van der Waals surface area contributed by atoms with E-state index in [2.05, 4.69) is 33.9 Å². The quantitative estimate of drug-likeness (QED) is 0.831. The summed E-state index contributed by atoms with van der Waals surface area (Å²) in [7, 11) is -0.126. The lowest BCUT2D eigenvalue weighted by Crippen LogP contribution is -2.41. The van der Waals surface area contributed by atoms with Gasteiger partial charge in [0.15, 0.2) is 19.8 Å². The summed E-state index contributed by atoms with van der Waals surface area (Å²) in [6.07, 6.45) is 0.810. The molecule has 1 aromatic carbocycles. The third-order valence-corrected chi connectivity index (χ3v) is 8.44. The molecule has 0 spiro atoms. The van der Waals surface area contributed by atoms with Gasteiger partial charge in [-0.3, -0.25) is 0 Å². The van der Waals surface area contributed by atoms with E-state index in [-0.39, 0.29) is 10.8 Å². The van der Waals surface area contributed by atoms with Gasteiger partial charge in [0.2, 0.25) is 0 Å². The fraction of sp³-hybridized carbons (Fsp3) is 0.600. The van der Waals surface area contributed by atoms with Gasteiger partial charge < -0.3 is 14.3 Å². The number of phenolic OH excluding ortho intramolecular Hbond substituents is 1. The molecule has 0 fully saturated rings. The van der Waals surface area contributed by atoms with E-state index in [4.69, 9.17) is 9.16 Å². The van der Waals surface area contributed by atoms with Crippen LogP contribution in [0.15, 0.2) is 18.2 Å². The van der Waals surface area contributed by atoms with Crippen molar-refractivity contribution >= 4 is 8.32 Å². The maximum atomic E-state index is 9.72. The molecule has 0 amide bonds. The first-order valence-corrected chi connectivity index (χ1v) is 9.58. The van der Waals surface area contributed by atoms with Crippen molar-refractivity contribution < 1.29 is 14.3 Å². The molecule has 1 N–H and O–H groups in total. The van der Waals surface area contributed by atoms with Gasteiger partial charge in [0.25, 0.3) is 0 Å². The van der Waals surface area contributed by atoms with E-state index in [1.54, 1.807) is 19.2 Å². The Bertz CT molecular complexity index is 422. The van der Waals surface area contributed by atoms with Crippen molar-refractivity contribution in [2.45, 2.75) is 45.3 Å². The Morgan fingerprint density at radius 2 is 1.84 bits per heavy atom. The second-order valence-electron chi connectivity index (χ2n) is 6.36. The van der Waals surface area contributed by atoms with Crippen LogP contribution < -0.4 is 4.74 Å². The summed E-state index contributed by atoms with van der Waals surface area (Å²) < 4.78 is 11.1. The molecule has 0 heterocycles. The molecule has 0 radical (unpaired) electrons. The van der Waals surface area contributed by atoms with E-state index >= 15 is 0 Å². The summed E-state index contributed by atoms with van der Waals surface area (Å²) in [5.74, 6) is 0.696. The van der Waals surface area contributed by atoms with Gasteiger partial charge >= 0.3 is 0 Å². The number of phenols is 1. The van der Waals surface area contributed by atoms with Crippen molar-refractivity contribution in [1.29, 1.82) is 0 Å². The Kier molecular flexibility index (Phi) is 5.04. The Hall–Kier alpha value is -1.00. The summed E-state index contributed by atoms with van der Waals surface area (Å²) in [6.45, 7) is 11.9. The van der Waals surface area contributed by atoms with Gasteiger partial charge in [0, 0.05) is 6.61 Å². The number of aromatic hydroxyl groups is 1. The molecule has 0 aliphatic carbocycles. The van der Waals surface area contributed by atoms with Crippen LogP contribution in [-0.2, 0) is 10.8 Å². The molecule has 0 saturated carbocycles. The number of hydrogen-bond donors (Lipinski definition) is 1. The standard InChI is InChI=1S/C15H26O3Si/c1-15(2,3)19(5,6)18-10-9-12-7-8-14(17-4)13(16)11-12/h7-8,11,16H,9-10H2,1-6H3. The lowest BCUT2D eigenvalue weighted by molar-refractivity contribution is 0.291. The molecule has 0 unspecified atom stereocenters. The van der Waals surface area contributed by atoms with Crippen LogP contribution in [-0.4, -0.2) is 27.1 Å². The Morgan fingerprint density at radius 1 is 1.21 bits per heavy atom. The Labute approximate surface area is 117 Å². The minimum atomic E-state index is -1.68. The van der Waals surface area contributed by atoms with Crippen molar-refractivity contribution in [3.05, 3.63) is 23.8 Å². The zero-order valence-electron chi connectivity index (χ0n) is 12.9. The number of ether oxygens (including phenoxy) is 1. The van der Waals surface area contributed by atoms with E-state index in [9.17, 15) is 5.11 Å². The van der Waals surface area contributed by atoms with Gasteiger partial charge in [-0.15, -0.1) is 0 Å². The van der Waals surface area contributed by atoms with Gasteiger partial charge in [0.05, 0.1) is 7.11 Å². The van der Waals surface area contributed by atoms with Crippen LogP contribution in [0.3, 0.4) is 0 Å². The lowest BCUT2D eigenvalue weighted by Gasteiger charge is -2.36. The first-order valence-electron chi connectivity index (χ1n) is 6.67. The highest BCUT2D eigenvalue weighted by Gasteiger charge is 2.36. The fourth-order valence-electron chi connectivity index (χ4n) is 1.53. The van der Waals surface area contributed by atoms with Crippen LogP contribution in [0.4, 0.5) is 0 Å². The van der Waals surface area contributed by atoms with Crippen LogP contribution in [0.25, 0.3) is 0 Å². The van der Waals surface area contributed by atoms with E-state index < -0.39 is 8.32 Å². The van der Waals surface area contributed by atoms with Gasteiger partial charge in [-0.25, -0.2) is 0 Å². The van der Waals surface area contributed by atoms with Crippen LogP contribution in [0.2, 0.25) is 18.1 Å². The summed E-state index contributed by atoms with van der Waals surface area (Å²) >= 11 is 0. The van der Waals surface area contributed by atoms with Crippen molar-refractivity contribution in [3.63, 3.8) is 0 Å². The molecule has 1 aromatic rings. The van der Waals surface area contributed by atoms with E-state index in [0.29, 0.717) is 12.4 Å². The Morgan fingerprint density at radius 3 is 2.32 bits per heavy atom. The zero-order chi connectivity index (χ0) is 14.7. The highest BCUT2D eigenvalue weighted by Crippen LogP contribution is 2.36. The molecule has 19 heavy (non-hydrogen) atoms. The highest BCUT2D eigenvalue weighted by atomic mass is 28.4. The van der Waals surface area contributed by atoms with Crippen molar-refractivity contribution in [2.75, 3.05) is 13.7 Å².